The van der Waals surface area contributed by atoms with E-state index >= 15 is 0 Å². The summed E-state index contributed by atoms with van der Waals surface area (Å²) in [7, 11) is 0. The van der Waals surface area contributed by atoms with E-state index in [4.69, 9.17) is 0 Å². The van der Waals surface area contributed by atoms with E-state index in [9.17, 15) is 0 Å². The molecule has 0 amide bonds. The van der Waals surface area contributed by atoms with Crippen molar-refractivity contribution in [1.82, 2.24) is 0 Å². The van der Waals surface area contributed by atoms with Crippen LogP contribution in [0.4, 0.5) is 0 Å². The van der Waals surface area contributed by atoms with Crippen LogP contribution in [-0.2, 0) is 0 Å². The molecule has 4 atom stereocenters. The minimum absolute atomic E-state index is 0.624. The van der Waals surface area contributed by atoms with E-state index in [0.717, 1.165) is 9.83 Å². The van der Waals surface area contributed by atoms with Gasteiger partial charge in [0.25, 0.3) is 0 Å². The first-order valence-corrected chi connectivity index (χ1v) is 7.53. The molecule has 0 bridgehead atoms. The van der Waals surface area contributed by atoms with E-state index in [2.05, 4.69) is 37.0 Å². The Morgan fingerprint density at radius 3 is 2.27 bits per heavy atom. The molecule has 0 N–H and O–H groups in total. The Morgan fingerprint density at radius 1 is 1.18 bits per heavy atom. The van der Waals surface area contributed by atoms with Crippen molar-refractivity contribution in [1.29, 1.82) is 0 Å². The van der Waals surface area contributed by atoms with Crippen molar-refractivity contribution >= 4 is 60.5 Å². The SMILES string of the molecule is SC1SC1CCSC1SC1S. The third-order valence-corrected chi connectivity index (χ3v) is 7.58. The molecule has 2 aliphatic rings. The lowest BCUT2D eigenvalue weighted by Crippen LogP contribution is -1.91. The molecule has 2 saturated heterocycles. The standard InChI is InChI=1S/C6H10S5/c7-4-3(10-4)1-2-9-6-5(8)11-6/h3-8H,1-2H2. The summed E-state index contributed by atoms with van der Waals surface area (Å²) in [6.45, 7) is 0. The molecule has 0 nitrogen and oxygen atoms in total. The predicted octanol–water partition coefficient (Wildman–Crippen LogP) is 2.81. The van der Waals surface area contributed by atoms with Crippen molar-refractivity contribution in [2.45, 2.75) is 25.4 Å². The monoisotopic (exact) mass is 242 g/mol. The van der Waals surface area contributed by atoms with Gasteiger partial charge in [0.15, 0.2) is 0 Å². The molecule has 11 heavy (non-hydrogen) atoms. The van der Waals surface area contributed by atoms with Crippen LogP contribution in [0, 0.1) is 0 Å². The summed E-state index contributed by atoms with van der Waals surface area (Å²) in [5.41, 5.74) is 0. The lowest BCUT2D eigenvalue weighted by atomic mass is 10.4. The fourth-order valence-corrected chi connectivity index (χ4v) is 5.35. The molecule has 0 saturated carbocycles. The summed E-state index contributed by atoms with van der Waals surface area (Å²) in [6, 6.07) is 0. The maximum atomic E-state index is 4.36. The van der Waals surface area contributed by atoms with Gasteiger partial charge in [0.1, 0.15) is 0 Å². The Balaban J connectivity index is 1.48. The van der Waals surface area contributed by atoms with Crippen molar-refractivity contribution in [2.24, 2.45) is 0 Å². The largest absolute Gasteiger partial charge is 0.164 e. The van der Waals surface area contributed by atoms with Crippen LogP contribution in [0.2, 0.25) is 0 Å². The van der Waals surface area contributed by atoms with Gasteiger partial charge in [-0.3, -0.25) is 0 Å². The van der Waals surface area contributed by atoms with E-state index in [0.29, 0.717) is 9.16 Å². The fourth-order valence-electron chi connectivity index (χ4n) is 0.858. The van der Waals surface area contributed by atoms with Crippen molar-refractivity contribution < 1.29 is 0 Å². The summed E-state index contributed by atoms with van der Waals surface area (Å²) in [5, 5.41) is 0.855. The second-order valence-corrected chi connectivity index (χ2v) is 8.65. The molecular formula is C6H10S5. The topological polar surface area (TPSA) is 0 Å². The second-order valence-electron chi connectivity index (χ2n) is 2.62. The smallest absolute Gasteiger partial charge is 0.0721 e. The molecule has 2 fully saturated rings. The molecule has 2 aliphatic heterocycles. The van der Waals surface area contributed by atoms with Gasteiger partial charge in [-0.05, 0) is 12.2 Å². The number of hydrogen-bond acceptors (Lipinski definition) is 5. The Morgan fingerprint density at radius 2 is 1.82 bits per heavy atom. The van der Waals surface area contributed by atoms with Gasteiger partial charge < -0.3 is 0 Å². The van der Waals surface area contributed by atoms with Crippen LogP contribution in [-0.4, -0.2) is 24.7 Å². The van der Waals surface area contributed by atoms with Crippen LogP contribution < -0.4 is 0 Å². The first kappa shape index (κ1) is 9.31. The Kier molecular flexibility index (Phi) is 3.27. The highest BCUT2D eigenvalue weighted by Gasteiger charge is 2.37. The zero-order valence-electron chi connectivity index (χ0n) is 5.84. The highest BCUT2D eigenvalue weighted by Crippen LogP contribution is 2.52. The highest BCUT2D eigenvalue weighted by molar-refractivity contribution is 8.29. The molecule has 0 aromatic rings. The number of thioether (sulfide) groups is 3. The average Bonchev–Trinajstić information content (AvgIpc) is 2.79. The molecule has 0 aromatic carbocycles. The zero-order valence-corrected chi connectivity index (χ0v) is 10.1. The molecule has 0 aromatic heterocycles. The minimum atomic E-state index is 0.624. The number of rotatable bonds is 4. The zero-order chi connectivity index (χ0) is 7.84. The van der Waals surface area contributed by atoms with Gasteiger partial charge in [0, 0.05) is 5.25 Å². The van der Waals surface area contributed by atoms with Crippen LogP contribution in [0.1, 0.15) is 6.42 Å². The van der Waals surface area contributed by atoms with E-state index in [1.54, 1.807) is 0 Å². The third-order valence-electron chi connectivity index (χ3n) is 1.67. The van der Waals surface area contributed by atoms with Crippen LogP contribution in [0.15, 0.2) is 0 Å². The van der Waals surface area contributed by atoms with Gasteiger partial charge >= 0.3 is 0 Å². The van der Waals surface area contributed by atoms with Gasteiger partial charge in [0.2, 0.25) is 0 Å². The Bertz CT molecular complexity index is 134. The van der Waals surface area contributed by atoms with Crippen molar-refractivity contribution in [3.63, 3.8) is 0 Å². The van der Waals surface area contributed by atoms with Gasteiger partial charge in [-0.25, -0.2) is 0 Å². The number of hydrogen-bond donors (Lipinski definition) is 2. The van der Waals surface area contributed by atoms with Crippen LogP contribution >= 0.6 is 60.5 Å². The first-order chi connectivity index (χ1) is 5.27. The number of thiol groups is 2. The molecule has 0 radical (unpaired) electrons. The van der Waals surface area contributed by atoms with Crippen molar-refractivity contribution in [2.75, 3.05) is 5.75 Å². The lowest BCUT2D eigenvalue weighted by molar-refractivity contribution is 0.977. The Labute approximate surface area is 91.2 Å². The van der Waals surface area contributed by atoms with Crippen molar-refractivity contribution in [3.8, 4) is 0 Å². The average molecular weight is 242 g/mol. The predicted molar refractivity (Wildman–Crippen MR) is 65.4 cm³/mol. The maximum absolute atomic E-state index is 4.36. The van der Waals surface area contributed by atoms with E-state index in [-0.39, 0.29) is 0 Å². The summed E-state index contributed by atoms with van der Waals surface area (Å²) in [5.74, 6) is 1.30. The molecule has 0 aliphatic carbocycles. The molecule has 5 heteroatoms. The molecule has 4 unspecified atom stereocenters. The van der Waals surface area contributed by atoms with Gasteiger partial charge in [-0.2, -0.15) is 25.3 Å². The molecule has 2 heterocycles. The fraction of sp³-hybridized carbons (Fsp3) is 1.00. The van der Waals surface area contributed by atoms with Crippen molar-refractivity contribution in [3.05, 3.63) is 0 Å². The third kappa shape index (κ3) is 2.86. The molecule has 0 spiro atoms. The molecular weight excluding hydrogens is 232 g/mol. The molecule has 2 rings (SSSR count). The first-order valence-electron chi connectivity index (χ1n) is 3.56. The summed E-state index contributed by atoms with van der Waals surface area (Å²) < 4.78 is 2.06. The minimum Gasteiger partial charge on any atom is -0.164 e. The lowest BCUT2D eigenvalue weighted by Gasteiger charge is -1.94. The van der Waals surface area contributed by atoms with E-state index < -0.39 is 0 Å². The summed E-state index contributed by atoms with van der Waals surface area (Å²) in [4.78, 5) is 0. The van der Waals surface area contributed by atoms with E-state index in [1.165, 1.54) is 12.2 Å². The van der Waals surface area contributed by atoms with Gasteiger partial charge in [-0.15, -0.1) is 35.3 Å². The summed E-state index contributed by atoms with van der Waals surface area (Å²) >= 11 is 14.7. The van der Waals surface area contributed by atoms with Crippen LogP contribution in [0.5, 0.6) is 0 Å². The maximum Gasteiger partial charge on any atom is 0.0721 e. The van der Waals surface area contributed by atoms with E-state index in [1.807, 2.05) is 23.5 Å². The normalized spacial score (nSPS) is 47.5. The van der Waals surface area contributed by atoms with Gasteiger partial charge in [0.05, 0.1) is 13.7 Å². The quantitative estimate of drug-likeness (QED) is 0.575. The van der Waals surface area contributed by atoms with Crippen LogP contribution in [0.25, 0.3) is 0 Å². The molecule has 64 valence electrons. The Hall–Kier alpha value is 1.75. The highest BCUT2D eigenvalue weighted by atomic mass is 32.2. The summed E-state index contributed by atoms with van der Waals surface area (Å²) in [6.07, 6.45) is 1.33. The van der Waals surface area contributed by atoms with Gasteiger partial charge in [-0.1, -0.05) is 0 Å². The van der Waals surface area contributed by atoms with Crippen LogP contribution in [0.3, 0.4) is 0 Å². The second kappa shape index (κ2) is 3.86.